The van der Waals surface area contributed by atoms with Crippen LogP contribution in [-0.2, 0) is 4.79 Å². The van der Waals surface area contributed by atoms with E-state index in [-0.39, 0.29) is 11.9 Å². The van der Waals surface area contributed by atoms with Crippen molar-refractivity contribution in [2.45, 2.75) is 13.8 Å². The molecule has 28 heavy (non-hydrogen) atoms. The molecule has 2 aromatic carbocycles. The van der Waals surface area contributed by atoms with Crippen molar-refractivity contribution >= 4 is 29.0 Å². The van der Waals surface area contributed by atoms with Gasteiger partial charge in [0.15, 0.2) is 0 Å². The highest BCUT2D eigenvalue weighted by Crippen LogP contribution is 2.24. The van der Waals surface area contributed by atoms with Gasteiger partial charge in [0, 0.05) is 44.5 Å². The molecule has 0 bridgehead atoms. The fourth-order valence-electron chi connectivity index (χ4n) is 3.17. The Morgan fingerprint density at radius 2 is 1.64 bits per heavy atom. The molecule has 0 aliphatic carbocycles. The van der Waals surface area contributed by atoms with Crippen LogP contribution in [0.5, 0.6) is 5.75 Å². The van der Waals surface area contributed by atoms with Crippen molar-refractivity contribution in [1.82, 2.24) is 4.90 Å². The fraction of sp³-hybridized carbons (Fsp3) is 0.333. The average Bonchev–Trinajstić information content (AvgIpc) is 2.70. The first-order valence-corrected chi connectivity index (χ1v) is 9.47. The molecule has 7 heteroatoms. The van der Waals surface area contributed by atoms with Gasteiger partial charge in [0.05, 0.1) is 12.3 Å². The quantitative estimate of drug-likeness (QED) is 0.831. The van der Waals surface area contributed by atoms with E-state index in [2.05, 4.69) is 15.5 Å². The number of nitrogens with zero attached hydrogens (tertiary/aromatic N) is 2. The van der Waals surface area contributed by atoms with Crippen molar-refractivity contribution in [3.8, 4) is 5.75 Å². The van der Waals surface area contributed by atoms with Gasteiger partial charge in [-0.1, -0.05) is 12.1 Å². The average molecular weight is 382 g/mol. The first-order chi connectivity index (χ1) is 13.6. The minimum Gasteiger partial charge on any atom is -0.492 e. The molecule has 0 atom stereocenters. The van der Waals surface area contributed by atoms with E-state index in [1.54, 1.807) is 0 Å². The largest absolute Gasteiger partial charge is 0.492 e. The van der Waals surface area contributed by atoms with Crippen molar-refractivity contribution in [2.75, 3.05) is 48.3 Å². The molecule has 0 radical (unpaired) electrons. The maximum Gasteiger partial charge on any atom is 0.322 e. The lowest BCUT2D eigenvalue weighted by atomic mass is 10.2. The Labute approximate surface area is 165 Å². The molecule has 0 aromatic heterocycles. The third kappa shape index (κ3) is 4.94. The summed E-state index contributed by atoms with van der Waals surface area (Å²) < 4.78 is 5.57. The number of amides is 3. The summed E-state index contributed by atoms with van der Waals surface area (Å²) in [7, 11) is 0. The Morgan fingerprint density at radius 3 is 2.29 bits per heavy atom. The Hall–Kier alpha value is -3.22. The first kappa shape index (κ1) is 19.5. The summed E-state index contributed by atoms with van der Waals surface area (Å²) in [6.45, 7) is 6.73. The van der Waals surface area contributed by atoms with E-state index < -0.39 is 0 Å². The number of carbonyl (C=O) groups is 2. The number of rotatable bonds is 5. The molecule has 2 N–H and O–H groups in total. The van der Waals surface area contributed by atoms with E-state index in [1.807, 2.05) is 60.4 Å². The zero-order chi connectivity index (χ0) is 19.9. The Balaban J connectivity index is 1.55. The number of carbonyl (C=O) groups excluding carboxylic acids is 2. The number of urea groups is 1. The van der Waals surface area contributed by atoms with Gasteiger partial charge in [0.25, 0.3) is 0 Å². The number of benzene rings is 2. The lowest BCUT2D eigenvalue weighted by molar-refractivity contribution is -0.114. The van der Waals surface area contributed by atoms with Gasteiger partial charge >= 0.3 is 6.03 Å². The molecular formula is C21H26N4O3. The number of hydrogen-bond acceptors (Lipinski definition) is 4. The van der Waals surface area contributed by atoms with Gasteiger partial charge < -0.3 is 25.2 Å². The fourth-order valence-corrected chi connectivity index (χ4v) is 3.17. The first-order valence-electron chi connectivity index (χ1n) is 9.47. The van der Waals surface area contributed by atoms with Crippen LogP contribution in [0.4, 0.5) is 21.9 Å². The Morgan fingerprint density at radius 1 is 0.964 bits per heavy atom. The molecule has 3 amide bonds. The predicted molar refractivity (Wildman–Crippen MR) is 111 cm³/mol. The summed E-state index contributed by atoms with van der Waals surface area (Å²) in [6, 6.07) is 15.1. The van der Waals surface area contributed by atoms with Crippen molar-refractivity contribution in [2.24, 2.45) is 0 Å². The highest BCUT2D eigenvalue weighted by molar-refractivity contribution is 5.91. The van der Waals surface area contributed by atoms with Crippen LogP contribution in [0.3, 0.4) is 0 Å². The standard InChI is InChI=1S/C21H26N4O3/c1-3-28-20-7-5-4-6-19(20)23-21(27)25-14-12-24(13-15-25)18-10-8-17(9-11-18)22-16(2)26/h4-11H,3,12-15H2,1-2H3,(H,22,26)(H,23,27). The lowest BCUT2D eigenvalue weighted by Gasteiger charge is -2.36. The van der Waals surface area contributed by atoms with Crippen LogP contribution in [0.15, 0.2) is 48.5 Å². The molecule has 0 unspecified atom stereocenters. The smallest absolute Gasteiger partial charge is 0.322 e. The van der Waals surface area contributed by atoms with Gasteiger partial charge in [-0.3, -0.25) is 4.79 Å². The summed E-state index contributed by atoms with van der Waals surface area (Å²) in [5, 5.41) is 5.71. The Bertz CT molecular complexity index is 815. The van der Waals surface area contributed by atoms with Gasteiger partial charge in [0.2, 0.25) is 5.91 Å². The minimum absolute atomic E-state index is 0.0849. The SMILES string of the molecule is CCOc1ccccc1NC(=O)N1CCN(c2ccc(NC(C)=O)cc2)CC1. The number of nitrogens with one attached hydrogen (secondary N) is 2. The molecule has 1 aliphatic rings. The monoisotopic (exact) mass is 382 g/mol. The maximum absolute atomic E-state index is 12.6. The molecular weight excluding hydrogens is 356 g/mol. The molecule has 3 rings (SSSR count). The Kier molecular flexibility index (Phi) is 6.37. The van der Waals surface area contributed by atoms with Gasteiger partial charge in [-0.05, 0) is 43.3 Å². The van der Waals surface area contributed by atoms with Crippen molar-refractivity contribution in [3.05, 3.63) is 48.5 Å². The second-order valence-corrected chi connectivity index (χ2v) is 6.56. The minimum atomic E-state index is -0.118. The van der Waals surface area contributed by atoms with E-state index in [4.69, 9.17) is 4.74 Å². The van der Waals surface area contributed by atoms with Crippen LogP contribution in [0.2, 0.25) is 0 Å². The topological polar surface area (TPSA) is 73.9 Å². The van der Waals surface area contributed by atoms with Crippen molar-refractivity contribution in [1.29, 1.82) is 0 Å². The predicted octanol–water partition coefficient (Wildman–Crippen LogP) is 3.40. The zero-order valence-corrected chi connectivity index (χ0v) is 16.3. The van der Waals surface area contributed by atoms with E-state index in [9.17, 15) is 9.59 Å². The number of para-hydroxylation sites is 2. The van der Waals surface area contributed by atoms with Crippen LogP contribution in [0, 0.1) is 0 Å². The van der Waals surface area contributed by atoms with Gasteiger partial charge in [-0.2, -0.15) is 0 Å². The molecule has 0 spiro atoms. The van der Waals surface area contributed by atoms with E-state index in [0.29, 0.717) is 31.1 Å². The second kappa shape index (κ2) is 9.12. The highest BCUT2D eigenvalue weighted by Gasteiger charge is 2.22. The van der Waals surface area contributed by atoms with E-state index in [1.165, 1.54) is 6.92 Å². The van der Waals surface area contributed by atoms with E-state index >= 15 is 0 Å². The molecule has 2 aromatic rings. The normalized spacial score (nSPS) is 13.8. The number of piperazine rings is 1. The third-order valence-corrected chi connectivity index (χ3v) is 4.55. The molecule has 148 valence electrons. The van der Waals surface area contributed by atoms with Crippen LogP contribution < -0.4 is 20.3 Å². The highest BCUT2D eigenvalue weighted by atomic mass is 16.5. The molecule has 1 fully saturated rings. The lowest BCUT2D eigenvalue weighted by Crippen LogP contribution is -2.50. The van der Waals surface area contributed by atoms with Gasteiger partial charge in [0.1, 0.15) is 5.75 Å². The van der Waals surface area contributed by atoms with Crippen LogP contribution in [0.25, 0.3) is 0 Å². The van der Waals surface area contributed by atoms with Gasteiger partial charge in [-0.15, -0.1) is 0 Å². The molecule has 0 saturated carbocycles. The zero-order valence-electron chi connectivity index (χ0n) is 16.3. The summed E-state index contributed by atoms with van der Waals surface area (Å²) in [5.41, 5.74) is 2.54. The summed E-state index contributed by atoms with van der Waals surface area (Å²) >= 11 is 0. The molecule has 1 aliphatic heterocycles. The third-order valence-electron chi connectivity index (χ3n) is 4.55. The van der Waals surface area contributed by atoms with Crippen molar-refractivity contribution < 1.29 is 14.3 Å². The summed E-state index contributed by atoms with van der Waals surface area (Å²) in [4.78, 5) is 27.8. The van der Waals surface area contributed by atoms with Crippen LogP contribution >= 0.6 is 0 Å². The van der Waals surface area contributed by atoms with E-state index in [0.717, 1.165) is 24.5 Å². The van der Waals surface area contributed by atoms with Crippen LogP contribution in [-0.4, -0.2) is 49.6 Å². The van der Waals surface area contributed by atoms with Crippen molar-refractivity contribution in [3.63, 3.8) is 0 Å². The summed E-state index contributed by atoms with van der Waals surface area (Å²) in [5.74, 6) is 0.592. The second-order valence-electron chi connectivity index (χ2n) is 6.56. The number of hydrogen-bond donors (Lipinski definition) is 2. The molecule has 1 heterocycles. The van der Waals surface area contributed by atoms with Crippen LogP contribution in [0.1, 0.15) is 13.8 Å². The summed E-state index contributed by atoms with van der Waals surface area (Å²) in [6.07, 6.45) is 0. The van der Waals surface area contributed by atoms with Gasteiger partial charge in [-0.25, -0.2) is 4.79 Å². The number of ether oxygens (including phenoxy) is 1. The molecule has 7 nitrogen and oxygen atoms in total. The number of anilines is 3. The maximum atomic E-state index is 12.6. The molecule has 1 saturated heterocycles.